The molecule has 0 radical (unpaired) electrons. The molecule has 2 aliphatic heterocycles. The van der Waals surface area contributed by atoms with E-state index in [0.717, 1.165) is 43.4 Å². The van der Waals surface area contributed by atoms with Gasteiger partial charge in [-0.2, -0.15) is 0 Å². The van der Waals surface area contributed by atoms with Crippen molar-refractivity contribution in [2.24, 2.45) is 0 Å². The number of aromatic nitrogens is 1. The van der Waals surface area contributed by atoms with Crippen LogP contribution in [-0.4, -0.2) is 55.7 Å². The minimum atomic E-state index is -0.517. The summed E-state index contributed by atoms with van der Waals surface area (Å²) in [7, 11) is 2.79. The molecule has 1 aromatic heterocycles. The largest absolute Gasteiger partial charge is 0.497 e. The third-order valence-electron chi connectivity index (χ3n) is 5.41. The molecule has 0 aliphatic carbocycles. The van der Waals surface area contributed by atoms with Crippen LogP contribution >= 0.6 is 0 Å². The van der Waals surface area contributed by atoms with E-state index < -0.39 is 5.97 Å². The molecule has 0 atom stereocenters. The number of esters is 1. The topological polar surface area (TPSA) is 91.1 Å². The Balaban J connectivity index is 1.54. The average Bonchev–Trinajstić information content (AvgIpc) is 3.21. The van der Waals surface area contributed by atoms with Gasteiger partial charge in [0.15, 0.2) is 5.89 Å². The fourth-order valence-corrected chi connectivity index (χ4v) is 3.77. The number of hydrogen-bond acceptors (Lipinski definition) is 7. The van der Waals surface area contributed by atoms with Crippen molar-refractivity contribution < 1.29 is 28.2 Å². The lowest BCUT2D eigenvalue weighted by molar-refractivity contribution is 0.0600. The Morgan fingerprint density at radius 2 is 1.90 bits per heavy atom. The number of nitrogens with zero attached hydrogens (tertiary/aromatic N) is 2. The number of fused-ring (bicyclic) bond motifs is 1. The Bertz CT molecular complexity index is 916. The summed E-state index contributed by atoms with van der Waals surface area (Å²) in [4.78, 5) is 31.4. The van der Waals surface area contributed by atoms with E-state index in [1.165, 1.54) is 20.3 Å². The second-order valence-corrected chi connectivity index (χ2v) is 7.23. The summed E-state index contributed by atoms with van der Waals surface area (Å²) < 4.78 is 21.4. The van der Waals surface area contributed by atoms with E-state index >= 15 is 0 Å². The van der Waals surface area contributed by atoms with Crippen LogP contribution in [0, 0.1) is 0 Å². The maximum Gasteiger partial charge on any atom is 0.338 e. The van der Waals surface area contributed by atoms with Crippen LogP contribution in [0.15, 0.2) is 22.6 Å². The van der Waals surface area contributed by atoms with Gasteiger partial charge in [0.2, 0.25) is 0 Å². The molecule has 1 saturated heterocycles. The molecule has 2 aromatic rings. The smallest absolute Gasteiger partial charge is 0.338 e. The van der Waals surface area contributed by atoms with Crippen LogP contribution in [0.1, 0.15) is 56.8 Å². The summed E-state index contributed by atoms with van der Waals surface area (Å²) in [6.45, 7) is 2.35. The second kappa shape index (κ2) is 8.24. The standard InChI is InChI=1S/C21H24N2O6/c1-26-16-10-14(9-15(11-16)21(25)27-2)20(24)23-6-3-18-17(12-23)22-19(29-18)13-4-7-28-8-5-13/h9-11,13H,3-8,12H2,1-2H3. The fourth-order valence-electron chi connectivity index (χ4n) is 3.77. The number of benzene rings is 1. The highest BCUT2D eigenvalue weighted by molar-refractivity contribution is 5.98. The molecule has 0 unspecified atom stereocenters. The van der Waals surface area contributed by atoms with Gasteiger partial charge in [0.05, 0.1) is 26.3 Å². The van der Waals surface area contributed by atoms with E-state index in [9.17, 15) is 9.59 Å². The molecule has 0 spiro atoms. The van der Waals surface area contributed by atoms with Crippen LogP contribution in [0.2, 0.25) is 0 Å². The highest BCUT2D eigenvalue weighted by Gasteiger charge is 2.29. The van der Waals surface area contributed by atoms with Crippen LogP contribution in [-0.2, 0) is 22.4 Å². The van der Waals surface area contributed by atoms with E-state index in [1.54, 1.807) is 17.0 Å². The third-order valence-corrected chi connectivity index (χ3v) is 5.41. The Hall–Kier alpha value is -2.87. The van der Waals surface area contributed by atoms with E-state index in [4.69, 9.17) is 18.6 Å². The first-order valence-electron chi connectivity index (χ1n) is 9.72. The normalized spacial score (nSPS) is 17.0. The Morgan fingerprint density at radius 1 is 1.14 bits per heavy atom. The van der Waals surface area contributed by atoms with Gasteiger partial charge < -0.3 is 23.5 Å². The van der Waals surface area contributed by atoms with Crippen LogP contribution in [0.3, 0.4) is 0 Å². The molecule has 4 rings (SSSR count). The van der Waals surface area contributed by atoms with Crippen LogP contribution in [0.5, 0.6) is 5.75 Å². The zero-order valence-electron chi connectivity index (χ0n) is 16.6. The number of hydrogen-bond donors (Lipinski definition) is 0. The predicted octanol–water partition coefficient (Wildman–Crippen LogP) is 2.56. The number of carbonyl (C=O) groups excluding carboxylic acids is 2. The van der Waals surface area contributed by atoms with Crippen molar-refractivity contribution in [3.05, 3.63) is 46.7 Å². The molecule has 3 heterocycles. The summed E-state index contributed by atoms with van der Waals surface area (Å²) in [6.07, 6.45) is 2.43. The number of rotatable bonds is 4. The quantitative estimate of drug-likeness (QED) is 0.729. The van der Waals surface area contributed by atoms with Gasteiger partial charge in [0.25, 0.3) is 5.91 Å². The van der Waals surface area contributed by atoms with Gasteiger partial charge in [0.1, 0.15) is 17.2 Å². The molecule has 1 aromatic carbocycles. The summed E-state index contributed by atoms with van der Waals surface area (Å²) in [5.41, 5.74) is 1.46. The zero-order valence-corrected chi connectivity index (χ0v) is 16.6. The maximum atomic E-state index is 13.1. The number of ether oxygens (including phenoxy) is 3. The Kier molecular flexibility index (Phi) is 5.53. The highest BCUT2D eigenvalue weighted by Crippen LogP contribution is 2.30. The van der Waals surface area contributed by atoms with Gasteiger partial charge in [-0.3, -0.25) is 4.79 Å². The molecule has 0 N–H and O–H groups in total. The monoisotopic (exact) mass is 400 g/mol. The van der Waals surface area contributed by atoms with Gasteiger partial charge in [-0.05, 0) is 31.0 Å². The van der Waals surface area contributed by atoms with Gasteiger partial charge in [-0.25, -0.2) is 9.78 Å². The molecular formula is C21H24N2O6. The molecule has 154 valence electrons. The molecule has 8 nitrogen and oxygen atoms in total. The van der Waals surface area contributed by atoms with Gasteiger partial charge in [0, 0.05) is 37.7 Å². The van der Waals surface area contributed by atoms with Crippen molar-refractivity contribution in [3.63, 3.8) is 0 Å². The summed E-state index contributed by atoms with van der Waals surface area (Å²) in [5, 5.41) is 0. The fraction of sp³-hybridized carbons (Fsp3) is 0.476. The van der Waals surface area contributed by atoms with E-state index in [2.05, 4.69) is 4.98 Å². The SMILES string of the molecule is COC(=O)c1cc(OC)cc(C(=O)N2CCc3oc(C4CCOCC4)nc3C2)c1. The predicted molar refractivity (Wildman–Crippen MR) is 102 cm³/mol. The third kappa shape index (κ3) is 3.98. The number of carbonyl (C=O) groups is 2. The van der Waals surface area contributed by atoms with Crippen molar-refractivity contribution in [1.29, 1.82) is 0 Å². The molecule has 2 aliphatic rings. The van der Waals surface area contributed by atoms with E-state index in [-0.39, 0.29) is 17.4 Å². The Labute approximate surface area is 168 Å². The van der Waals surface area contributed by atoms with Crippen molar-refractivity contribution >= 4 is 11.9 Å². The molecule has 0 bridgehead atoms. The van der Waals surface area contributed by atoms with E-state index in [1.807, 2.05) is 0 Å². The molecule has 29 heavy (non-hydrogen) atoms. The van der Waals surface area contributed by atoms with Crippen molar-refractivity contribution in [1.82, 2.24) is 9.88 Å². The Morgan fingerprint density at radius 3 is 2.62 bits per heavy atom. The average molecular weight is 400 g/mol. The molecule has 8 heteroatoms. The first kappa shape index (κ1) is 19.4. The lowest BCUT2D eigenvalue weighted by atomic mass is 10.0. The number of methoxy groups -OCH3 is 2. The zero-order chi connectivity index (χ0) is 20.4. The van der Waals surface area contributed by atoms with Gasteiger partial charge in [-0.15, -0.1) is 0 Å². The van der Waals surface area contributed by atoms with E-state index in [0.29, 0.717) is 30.8 Å². The minimum absolute atomic E-state index is 0.185. The minimum Gasteiger partial charge on any atom is -0.497 e. The molecular weight excluding hydrogens is 376 g/mol. The van der Waals surface area contributed by atoms with Crippen LogP contribution < -0.4 is 4.74 Å². The maximum absolute atomic E-state index is 13.1. The molecule has 0 saturated carbocycles. The van der Waals surface area contributed by atoms with Crippen LogP contribution in [0.4, 0.5) is 0 Å². The number of amides is 1. The summed E-state index contributed by atoms with van der Waals surface area (Å²) in [6, 6.07) is 4.71. The van der Waals surface area contributed by atoms with Gasteiger partial charge >= 0.3 is 5.97 Å². The highest BCUT2D eigenvalue weighted by atomic mass is 16.5. The summed E-state index contributed by atoms with van der Waals surface area (Å²) in [5.74, 6) is 1.61. The van der Waals surface area contributed by atoms with Crippen LogP contribution in [0.25, 0.3) is 0 Å². The summed E-state index contributed by atoms with van der Waals surface area (Å²) >= 11 is 0. The van der Waals surface area contributed by atoms with Crippen molar-refractivity contribution in [3.8, 4) is 5.75 Å². The lowest BCUT2D eigenvalue weighted by Crippen LogP contribution is -2.36. The molecule has 1 amide bonds. The van der Waals surface area contributed by atoms with Crippen molar-refractivity contribution in [2.45, 2.75) is 31.7 Å². The van der Waals surface area contributed by atoms with Gasteiger partial charge in [-0.1, -0.05) is 0 Å². The first-order chi connectivity index (χ1) is 14.1. The lowest BCUT2D eigenvalue weighted by Gasteiger charge is -2.25. The van der Waals surface area contributed by atoms with Crippen molar-refractivity contribution in [2.75, 3.05) is 34.0 Å². The molecule has 1 fully saturated rings. The number of oxazole rings is 1. The second-order valence-electron chi connectivity index (χ2n) is 7.23. The first-order valence-corrected chi connectivity index (χ1v) is 9.72.